The second-order valence-corrected chi connectivity index (χ2v) is 7.12. The molecule has 0 atom stereocenters. The van der Waals surface area contributed by atoms with Crippen LogP contribution in [0, 0.1) is 45.3 Å². The summed E-state index contributed by atoms with van der Waals surface area (Å²) in [6.07, 6.45) is 0.302. The lowest BCUT2D eigenvalue weighted by atomic mass is 10.1. The van der Waals surface area contributed by atoms with Gasteiger partial charge >= 0.3 is 11.9 Å². The number of carbonyl (C=O) groups is 4. The number of ether oxygens (including phenoxy) is 2. The zero-order chi connectivity index (χ0) is 26.8. The van der Waals surface area contributed by atoms with E-state index in [1.165, 1.54) is 34.1 Å². The summed E-state index contributed by atoms with van der Waals surface area (Å²) in [5.74, 6) is -2.72. The van der Waals surface area contributed by atoms with E-state index in [9.17, 15) is 19.2 Å². The lowest BCUT2D eigenvalue weighted by molar-refractivity contribution is -0.135. The Morgan fingerprint density at radius 2 is 0.861 bits per heavy atom. The molecule has 0 aliphatic carbocycles. The summed E-state index contributed by atoms with van der Waals surface area (Å²) in [4.78, 5) is 51.5. The van der Waals surface area contributed by atoms with Crippen LogP contribution >= 0.6 is 0 Å². The van der Waals surface area contributed by atoms with Crippen LogP contribution < -0.4 is 0 Å². The zero-order valence-electron chi connectivity index (χ0n) is 19.5. The van der Waals surface area contributed by atoms with Gasteiger partial charge < -0.3 is 19.3 Å². The van der Waals surface area contributed by atoms with Crippen LogP contribution in [-0.4, -0.2) is 72.9 Å². The Morgan fingerprint density at radius 1 is 0.583 bits per heavy atom. The molecule has 0 saturated heterocycles. The van der Waals surface area contributed by atoms with Crippen molar-refractivity contribution in [3.63, 3.8) is 0 Å². The Morgan fingerprint density at radius 3 is 1.11 bits per heavy atom. The quantitative estimate of drug-likeness (QED) is 0.342. The fourth-order valence-corrected chi connectivity index (χ4v) is 2.81. The number of amides is 2. The number of nitrogens with zero attached hydrogens (tertiary/aromatic N) is 6. The molecule has 0 aliphatic rings. The Balaban J connectivity index is 2.63. The van der Waals surface area contributed by atoms with Gasteiger partial charge in [-0.25, -0.2) is 9.59 Å². The van der Waals surface area contributed by atoms with Crippen molar-refractivity contribution in [3.8, 4) is 24.3 Å². The van der Waals surface area contributed by atoms with Crippen LogP contribution in [0.3, 0.4) is 0 Å². The van der Waals surface area contributed by atoms with Crippen LogP contribution in [0.4, 0.5) is 0 Å². The lowest BCUT2D eigenvalue weighted by Gasteiger charge is -2.20. The fraction of sp³-hybridized carbons (Fsp3) is 0.417. The summed E-state index contributed by atoms with van der Waals surface area (Å²) in [6, 6.07) is 12.8. The third-order valence-electron chi connectivity index (χ3n) is 4.69. The van der Waals surface area contributed by atoms with Crippen LogP contribution in [0.5, 0.6) is 0 Å². The normalized spacial score (nSPS) is 9.44. The van der Waals surface area contributed by atoms with E-state index in [1.54, 1.807) is 0 Å². The van der Waals surface area contributed by atoms with Gasteiger partial charge in [0.15, 0.2) is 13.2 Å². The van der Waals surface area contributed by atoms with Crippen LogP contribution in [0.1, 0.15) is 46.4 Å². The standard InChI is InChI=1S/C24H24N6O6/c25-9-1-13-29(14-2-10-26)21(31)17-35-23(33)19-5-7-20(8-6-19)24(34)36-18-22(32)30(15-3-11-27)16-4-12-28/h5-8H,1-4,13-18H2. The third kappa shape index (κ3) is 10.3. The number of benzene rings is 1. The van der Waals surface area contributed by atoms with Gasteiger partial charge in [-0.15, -0.1) is 0 Å². The van der Waals surface area contributed by atoms with E-state index in [1.807, 2.05) is 24.3 Å². The predicted octanol–water partition coefficient (Wildman–Crippen LogP) is 1.31. The molecule has 0 aromatic heterocycles. The van der Waals surface area contributed by atoms with Crippen LogP contribution in [0.15, 0.2) is 24.3 Å². The molecule has 12 heteroatoms. The van der Waals surface area contributed by atoms with Gasteiger partial charge in [0.25, 0.3) is 11.8 Å². The second-order valence-electron chi connectivity index (χ2n) is 7.12. The first-order chi connectivity index (χ1) is 17.4. The van der Waals surface area contributed by atoms with Crippen LogP contribution in [0.2, 0.25) is 0 Å². The Kier molecular flexibility index (Phi) is 13.4. The van der Waals surface area contributed by atoms with Crippen LogP contribution in [-0.2, 0) is 19.1 Å². The number of esters is 2. The molecule has 2 amide bonds. The van der Waals surface area contributed by atoms with Gasteiger partial charge in [0, 0.05) is 26.2 Å². The maximum Gasteiger partial charge on any atom is 0.338 e. The molecule has 0 N–H and O–H groups in total. The van der Waals surface area contributed by atoms with Gasteiger partial charge in [-0.2, -0.15) is 21.0 Å². The average Bonchev–Trinajstić information content (AvgIpc) is 2.90. The first kappa shape index (κ1) is 29.1. The molecule has 0 fully saturated rings. The molecule has 1 rings (SSSR count). The first-order valence-corrected chi connectivity index (χ1v) is 10.9. The molecule has 0 radical (unpaired) electrons. The minimum atomic E-state index is -0.815. The molecular weight excluding hydrogens is 468 g/mol. The van der Waals surface area contributed by atoms with E-state index in [0.29, 0.717) is 0 Å². The SMILES string of the molecule is N#CCCN(CCC#N)C(=O)COC(=O)c1ccc(C(=O)OCC(=O)N(CCC#N)CCC#N)cc1. The number of hydrogen-bond donors (Lipinski definition) is 0. The Bertz CT molecular complexity index is 968. The molecule has 12 nitrogen and oxygen atoms in total. The molecule has 0 bridgehead atoms. The molecule has 1 aromatic rings. The van der Waals surface area contributed by atoms with Gasteiger partial charge in [-0.3, -0.25) is 9.59 Å². The number of hydrogen-bond acceptors (Lipinski definition) is 10. The lowest BCUT2D eigenvalue weighted by Crippen LogP contribution is -2.36. The fourth-order valence-electron chi connectivity index (χ4n) is 2.81. The highest BCUT2D eigenvalue weighted by atomic mass is 16.5. The van der Waals surface area contributed by atoms with E-state index in [0.717, 1.165) is 0 Å². The Labute approximate surface area is 208 Å². The second kappa shape index (κ2) is 16.6. The molecule has 0 saturated carbocycles. The highest BCUT2D eigenvalue weighted by molar-refractivity contribution is 5.95. The van der Waals surface area contributed by atoms with Crippen LogP contribution in [0.25, 0.3) is 0 Å². The van der Waals surface area contributed by atoms with E-state index in [2.05, 4.69) is 0 Å². The molecule has 36 heavy (non-hydrogen) atoms. The topological polar surface area (TPSA) is 188 Å². The van der Waals surface area contributed by atoms with Gasteiger partial charge in [-0.1, -0.05) is 0 Å². The number of nitriles is 4. The monoisotopic (exact) mass is 492 g/mol. The third-order valence-corrected chi connectivity index (χ3v) is 4.69. The van der Waals surface area contributed by atoms with Crippen molar-refractivity contribution in [2.75, 3.05) is 39.4 Å². The minimum Gasteiger partial charge on any atom is -0.452 e. The van der Waals surface area contributed by atoms with Crippen molar-refractivity contribution in [1.82, 2.24) is 9.80 Å². The van der Waals surface area contributed by atoms with Crippen molar-refractivity contribution in [1.29, 1.82) is 21.0 Å². The van der Waals surface area contributed by atoms with Crippen molar-refractivity contribution < 1.29 is 28.7 Å². The first-order valence-electron chi connectivity index (χ1n) is 10.9. The smallest absolute Gasteiger partial charge is 0.338 e. The molecule has 186 valence electrons. The molecule has 0 aliphatic heterocycles. The van der Waals surface area contributed by atoms with Crippen molar-refractivity contribution >= 4 is 23.8 Å². The van der Waals surface area contributed by atoms with E-state index < -0.39 is 37.0 Å². The molecule has 0 heterocycles. The number of carbonyl (C=O) groups excluding carboxylic acids is 4. The highest BCUT2D eigenvalue weighted by Crippen LogP contribution is 2.09. The maximum absolute atomic E-state index is 12.2. The van der Waals surface area contributed by atoms with E-state index >= 15 is 0 Å². The van der Waals surface area contributed by atoms with Gasteiger partial charge in [0.05, 0.1) is 61.1 Å². The van der Waals surface area contributed by atoms with E-state index in [4.69, 9.17) is 30.5 Å². The maximum atomic E-state index is 12.2. The minimum absolute atomic E-state index is 0.0650. The average molecular weight is 492 g/mol. The predicted molar refractivity (Wildman–Crippen MR) is 121 cm³/mol. The van der Waals surface area contributed by atoms with Gasteiger partial charge in [0.2, 0.25) is 0 Å². The van der Waals surface area contributed by atoms with Crippen molar-refractivity contribution in [2.45, 2.75) is 25.7 Å². The largest absolute Gasteiger partial charge is 0.452 e. The molecule has 0 spiro atoms. The van der Waals surface area contributed by atoms with Crippen molar-refractivity contribution in [3.05, 3.63) is 35.4 Å². The summed E-state index contributed by atoms with van der Waals surface area (Å²) >= 11 is 0. The van der Waals surface area contributed by atoms with Gasteiger partial charge in [0.1, 0.15) is 0 Å². The summed E-state index contributed by atoms with van der Waals surface area (Å²) in [5.41, 5.74) is 0.130. The Hall–Kier alpha value is -4.94. The summed E-state index contributed by atoms with van der Waals surface area (Å²) in [7, 11) is 0. The van der Waals surface area contributed by atoms with Gasteiger partial charge in [-0.05, 0) is 24.3 Å². The summed E-state index contributed by atoms with van der Waals surface area (Å²) < 4.78 is 9.99. The molecule has 0 unspecified atom stereocenters. The summed E-state index contributed by atoms with van der Waals surface area (Å²) in [6.45, 7) is -0.694. The van der Waals surface area contributed by atoms with E-state index in [-0.39, 0.29) is 63.0 Å². The highest BCUT2D eigenvalue weighted by Gasteiger charge is 2.18. The molecular formula is C24H24N6O6. The summed E-state index contributed by atoms with van der Waals surface area (Å²) in [5, 5.41) is 34.7. The number of rotatable bonds is 14. The zero-order valence-corrected chi connectivity index (χ0v) is 19.5. The molecule has 1 aromatic carbocycles. The van der Waals surface area contributed by atoms with Crippen molar-refractivity contribution in [2.24, 2.45) is 0 Å².